The van der Waals surface area contributed by atoms with Crippen LogP contribution in [0.25, 0.3) is 0 Å². The molecule has 0 N–H and O–H groups in total. The maximum Gasteiger partial charge on any atom is 0.336 e. The molecule has 0 aliphatic carbocycles. The van der Waals surface area contributed by atoms with Crippen LogP contribution in [-0.2, 0) is 0 Å². The number of hydrogen-bond donors (Lipinski definition) is 0. The molecule has 0 fully saturated rings. The molecule has 0 spiro atoms. The fourth-order valence-electron chi connectivity index (χ4n) is 1.06. The fraction of sp³-hybridized carbons (Fsp3) is 0. The molecule has 0 radical (unpaired) electrons. The number of nitrogens with zero attached hydrogens (tertiary/aromatic N) is 2. The van der Waals surface area contributed by atoms with Crippen LogP contribution >= 0.6 is 23.2 Å². The van der Waals surface area contributed by atoms with Gasteiger partial charge in [-0.15, -0.1) is 0 Å². The highest BCUT2D eigenvalue weighted by Crippen LogP contribution is 2.30. The van der Waals surface area contributed by atoms with Gasteiger partial charge in [0.2, 0.25) is 0 Å². The number of hydrogen-bond acceptors (Lipinski definition) is 3. The molecule has 0 saturated heterocycles. The van der Waals surface area contributed by atoms with Crippen LogP contribution in [0, 0.1) is 5.21 Å². The second-order valence-corrected chi connectivity index (χ2v) is 3.78. The molecular weight excluding hydrogens is 251 g/mol. The van der Waals surface area contributed by atoms with Crippen molar-refractivity contribution in [3.05, 3.63) is 52.0 Å². The van der Waals surface area contributed by atoms with Gasteiger partial charge < -0.3 is 9.94 Å². The van der Waals surface area contributed by atoms with Crippen molar-refractivity contribution < 1.29 is 9.47 Å². The van der Waals surface area contributed by atoms with Gasteiger partial charge in [0.05, 0.1) is 11.1 Å². The van der Waals surface area contributed by atoms with Crippen LogP contribution in [0.2, 0.25) is 10.0 Å². The minimum Gasteiger partial charge on any atom is -0.711 e. The molecule has 0 amide bonds. The van der Waals surface area contributed by atoms with Crippen molar-refractivity contribution >= 4 is 23.2 Å². The second kappa shape index (κ2) is 4.55. The van der Waals surface area contributed by atoms with Crippen LogP contribution in [0.3, 0.4) is 0 Å². The summed E-state index contributed by atoms with van der Waals surface area (Å²) in [6.07, 6.45) is 2.38. The van der Waals surface area contributed by atoms with E-state index in [2.05, 4.69) is 4.98 Å². The third-order valence-electron chi connectivity index (χ3n) is 1.77. The number of rotatable bonds is 2. The summed E-state index contributed by atoms with van der Waals surface area (Å²) >= 11 is 11.6. The first kappa shape index (κ1) is 11.0. The van der Waals surface area contributed by atoms with Gasteiger partial charge in [0, 0.05) is 5.02 Å². The van der Waals surface area contributed by atoms with Crippen molar-refractivity contribution in [2.24, 2.45) is 0 Å². The van der Waals surface area contributed by atoms with Crippen LogP contribution in [0.5, 0.6) is 11.6 Å². The Labute approximate surface area is 102 Å². The quantitative estimate of drug-likeness (QED) is 0.614. The minimum atomic E-state index is 0.288. The lowest BCUT2D eigenvalue weighted by Gasteiger charge is -2.04. The van der Waals surface area contributed by atoms with Crippen molar-refractivity contribution in [2.45, 2.75) is 0 Å². The summed E-state index contributed by atoms with van der Waals surface area (Å²) in [7, 11) is 0. The first-order valence-electron chi connectivity index (χ1n) is 4.33. The standard InChI is InChI=1S/C10H6Cl2N2O2/c11-7-1-2-9(8(12)5-7)16-10-3-4-14(15)6-13-10/h1-6H. The molecule has 0 aliphatic rings. The van der Waals surface area contributed by atoms with Gasteiger partial charge in [-0.3, -0.25) is 0 Å². The highest BCUT2D eigenvalue weighted by molar-refractivity contribution is 6.35. The maximum absolute atomic E-state index is 10.7. The molecular formula is C10H6Cl2N2O2. The Morgan fingerprint density at radius 1 is 1.25 bits per heavy atom. The Bertz CT molecular complexity index is 503. The molecule has 0 atom stereocenters. The zero-order valence-electron chi connectivity index (χ0n) is 7.93. The number of ether oxygens (including phenoxy) is 1. The van der Waals surface area contributed by atoms with Gasteiger partial charge in [0.15, 0.2) is 0 Å². The highest BCUT2D eigenvalue weighted by atomic mass is 35.5. The zero-order chi connectivity index (χ0) is 11.5. The maximum atomic E-state index is 10.7. The number of aromatic nitrogens is 2. The molecule has 16 heavy (non-hydrogen) atoms. The monoisotopic (exact) mass is 256 g/mol. The smallest absolute Gasteiger partial charge is 0.336 e. The predicted molar refractivity (Wildman–Crippen MR) is 59.7 cm³/mol. The molecule has 6 heteroatoms. The topological polar surface area (TPSA) is 49.1 Å². The molecule has 0 saturated carbocycles. The van der Waals surface area contributed by atoms with Gasteiger partial charge in [-0.2, -0.15) is 0 Å². The average Bonchev–Trinajstić information content (AvgIpc) is 2.25. The first-order valence-corrected chi connectivity index (χ1v) is 5.08. The molecule has 2 aromatic rings. The fourth-order valence-corrected chi connectivity index (χ4v) is 1.51. The predicted octanol–water partition coefficient (Wildman–Crippen LogP) is 2.81. The Morgan fingerprint density at radius 2 is 2.06 bits per heavy atom. The lowest BCUT2D eigenvalue weighted by molar-refractivity contribution is -0.608. The van der Waals surface area contributed by atoms with Crippen molar-refractivity contribution in [1.29, 1.82) is 0 Å². The van der Waals surface area contributed by atoms with Crippen molar-refractivity contribution in [3.8, 4) is 11.6 Å². The van der Waals surface area contributed by atoms with Crippen LogP contribution < -0.4 is 9.47 Å². The molecule has 2 rings (SSSR count). The van der Waals surface area contributed by atoms with Crippen molar-refractivity contribution in [1.82, 2.24) is 4.98 Å². The minimum absolute atomic E-state index is 0.288. The van der Waals surface area contributed by atoms with Crippen LogP contribution in [0.1, 0.15) is 0 Å². The van der Waals surface area contributed by atoms with E-state index in [0.29, 0.717) is 20.5 Å². The van der Waals surface area contributed by atoms with E-state index in [1.165, 1.54) is 12.3 Å². The zero-order valence-corrected chi connectivity index (χ0v) is 9.44. The number of halogens is 2. The third-order valence-corrected chi connectivity index (χ3v) is 2.30. The molecule has 1 heterocycles. The van der Waals surface area contributed by atoms with Gasteiger partial charge in [-0.25, -0.2) is 4.73 Å². The van der Waals surface area contributed by atoms with E-state index in [1.54, 1.807) is 18.2 Å². The lowest BCUT2D eigenvalue weighted by Crippen LogP contribution is -2.24. The summed E-state index contributed by atoms with van der Waals surface area (Å²) in [6.45, 7) is 0. The van der Waals surface area contributed by atoms with Crippen molar-refractivity contribution in [2.75, 3.05) is 0 Å². The molecule has 1 aromatic heterocycles. The van der Waals surface area contributed by atoms with Crippen molar-refractivity contribution in [3.63, 3.8) is 0 Å². The molecule has 1 aromatic carbocycles. The average molecular weight is 257 g/mol. The summed E-state index contributed by atoms with van der Waals surface area (Å²) in [4.78, 5) is 3.77. The van der Waals surface area contributed by atoms with E-state index in [4.69, 9.17) is 27.9 Å². The van der Waals surface area contributed by atoms with Gasteiger partial charge in [-0.1, -0.05) is 23.2 Å². The molecule has 82 valence electrons. The molecule has 4 nitrogen and oxygen atoms in total. The van der Waals surface area contributed by atoms with E-state index in [0.717, 1.165) is 6.33 Å². The van der Waals surface area contributed by atoms with Gasteiger partial charge in [0.25, 0.3) is 6.33 Å². The Morgan fingerprint density at radius 3 is 2.69 bits per heavy atom. The summed E-state index contributed by atoms with van der Waals surface area (Å²) in [5, 5.41) is 11.6. The summed E-state index contributed by atoms with van der Waals surface area (Å²) in [5.74, 6) is 0.721. The molecule has 0 unspecified atom stereocenters. The third kappa shape index (κ3) is 2.53. The summed E-state index contributed by atoms with van der Waals surface area (Å²) in [6, 6.07) is 6.29. The summed E-state index contributed by atoms with van der Waals surface area (Å²) in [5.41, 5.74) is 0. The lowest BCUT2D eigenvalue weighted by atomic mass is 10.3. The van der Waals surface area contributed by atoms with Crippen LogP contribution in [0.4, 0.5) is 0 Å². The van der Waals surface area contributed by atoms with E-state index >= 15 is 0 Å². The van der Waals surface area contributed by atoms with Crippen LogP contribution in [-0.4, -0.2) is 4.98 Å². The number of benzene rings is 1. The van der Waals surface area contributed by atoms with E-state index in [-0.39, 0.29) is 5.88 Å². The Kier molecular flexibility index (Phi) is 3.12. The normalized spacial score (nSPS) is 10.1. The molecule has 0 aliphatic heterocycles. The van der Waals surface area contributed by atoms with E-state index in [1.807, 2.05) is 0 Å². The Balaban J connectivity index is 2.23. The molecule has 0 bridgehead atoms. The summed E-state index contributed by atoms with van der Waals surface area (Å²) < 4.78 is 5.93. The van der Waals surface area contributed by atoms with Gasteiger partial charge in [-0.05, 0) is 23.2 Å². The van der Waals surface area contributed by atoms with Gasteiger partial charge in [0.1, 0.15) is 11.9 Å². The first-order chi connectivity index (χ1) is 7.65. The van der Waals surface area contributed by atoms with Gasteiger partial charge >= 0.3 is 5.88 Å². The largest absolute Gasteiger partial charge is 0.711 e. The van der Waals surface area contributed by atoms with Crippen LogP contribution in [0.15, 0.2) is 36.8 Å². The highest BCUT2D eigenvalue weighted by Gasteiger charge is 2.07. The SMILES string of the molecule is [O-][n+]1ccc(Oc2ccc(Cl)cc2Cl)nc1. The Hall–Kier alpha value is -1.52. The van der Waals surface area contributed by atoms with E-state index in [9.17, 15) is 5.21 Å². The van der Waals surface area contributed by atoms with E-state index < -0.39 is 0 Å². The second-order valence-electron chi connectivity index (χ2n) is 2.94.